The SMILES string of the molecule is COc1ccc2nc(-c3ccc(N)cc3F)sc2c1. The molecular weight excluding hydrogens is 263 g/mol. The van der Waals surface area contributed by atoms with Crippen molar-refractivity contribution in [2.45, 2.75) is 0 Å². The van der Waals surface area contributed by atoms with Crippen molar-refractivity contribution in [3.8, 4) is 16.3 Å². The molecule has 3 aromatic rings. The molecule has 0 fully saturated rings. The third kappa shape index (κ3) is 2.13. The quantitative estimate of drug-likeness (QED) is 0.725. The predicted molar refractivity (Wildman–Crippen MR) is 76.0 cm³/mol. The van der Waals surface area contributed by atoms with Gasteiger partial charge in [-0.3, -0.25) is 0 Å². The summed E-state index contributed by atoms with van der Waals surface area (Å²) in [6.07, 6.45) is 0. The third-order valence-electron chi connectivity index (χ3n) is 2.82. The van der Waals surface area contributed by atoms with Gasteiger partial charge in [0.15, 0.2) is 0 Å². The molecule has 5 heteroatoms. The largest absolute Gasteiger partial charge is 0.497 e. The molecule has 0 aliphatic heterocycles. The number of rotatable bonds is 2. The van der Waals surface area contributed by atoms with Crippen molar-refractivity contribution in [3.05, 3.63) is 42.2 Å². The highest BCUT2D eigenvalue weighted by Gasteiger charge is 2.11. The molecule has 3 rings (SSSR count). The van der Waals surface area contributed by atoms with Gasteiger partial charge in [-0.1, -0.05) is 0 Å². The van der Waals surface area contributed by atoms with E-state index in [4.69, 9.17) is 10.5 Å². The van der Waals surface area contributed by atoms with Crippen molar-refractivity contribution in [2.24, 2.45) is 0 Å². The van der Waals surface area contributed by atoms with E-state index in [9.17, 15) is 4.39 Å². The average molecular weight is 274 g/mol. The standard InChI is InChI=1S/C14H11FN2OS/c1-18-9-3-5-12-13(7-9)19-14(17-12)10-4-2-8(16)6-11(10)15/h2-7H,16H2,1H3. The first-order valence-corrected chi connectivity index (χ1v) is 6.49. The fourth-order valence-electron chi connectivity index (χ4n) is 1.85. The minimum absolute atomic E-state index is 0.356. The van der Waals surface area contributed by atoms with Gasteiger partial charge < -0.3 is 10.5 Å². The maximum Gasteiger partial charge on any atom is 0.135 e. The normalized spacial score (nSPS) is 10.8. The van der Waals surface area contributed by atoms with Crippen LogP contribution in [-0.4, -0.2) is 12.1 Å². The molecule has 0 amide bonds. The Morgan fingerprint density at radius 1 is 1.21 bits per heavy atom. The molecule has 0 aliphatic rings. The molecule has 2 aromatic carbocycles. The monoisotopic (exact) mass is 274 g/mol. The summed E-state index contributed by atoms with van der Waals surface area (Å²) < 4.78 is 20.0. The van der Waals surface area contributed by atoms with Gasteiger partial charge in [-0.15, -0.1) is 11.3 Å². The molecule has 0 unspecified atom stereocenters. The van der Waals surface area contributed by atoms with Crippen molar-refractivity contribution in [2.75, 3.05) is 12.8 Å². The first kappa shape index (κ1) is 11.9. The molecule has 1 heterocycles. The number of hydrogen-bond acceptors (Lipinski definition) is 4. The Morgan fingerprint density at radius 2 is 2.05 bits per heavy atom. The Labute approximate surface area is 113 Å². The highest BCUT2D eigenvalue weighted by atomic mass is 32.1. The fourth-order valence-corrected chi connectivity index (χ4v) is 2.87. The zero-order valence-corrected chi connectivity index (χ0v) is 11.0. The van der Waals surface area contributed by atoms with Gasteiger partial charge in [-0.05, 0) is 36.4 Å². The first-order chi connectivity index (χ1) is 9.17. The van der Waals surface area contributed by atoms with Crippen LogP contribution in [0.15, 0.2) is 36.4 Å². The van der Waals surface area contributed by atoms with E-state index in [1.54, 1.807) is 19.2 Å². The minimum atomic E-state index is -0.356. The minimum Gasteiger partial charge on any atom is -0.497 e. The maximum atomic E-state index is 13.9. The van der Waals surface area contributed by atoms with Crippen molar-refractivity contribution < 1.29 is 9.13 Å². The van der Waals surface area contributed by atoms with E-state index in [2.05, 4.69) is 4.98 Å². The molecule has 2 N–H and O–H groups in total. The van der Waals surface area contributed by atoms with E-state index >= 15 is 0 Å². The molecular formula is C14H11FN2OS. The van der Waals surface area contributed by atoms with Crippen LogP contribution in [0.5, 0.6) is 5.75 Å². The summed E-state index contributed by atoms with van der Waals surface area (Å²) in [6, 6.07) is 10.2. The van der Waals surface area contributed by atoms with E-state index in [0.717, 1.165) is 16.0 Å². The lowest BCUT2D eigenvalue weighted by molar-refractivity contribution is 0.415. The highest BCUT2D eigenvalue weighted by Crippen LogP contribution is 2.33. The molecule has 0 radical (unpaired) electrons. The van der Waals surface area contributed by atoms with Gasteiger partial charge in [0.2, 0.25) is 0 Å². The van der Waals surface area contributed by atoms with E-state index in [0.29, 0.717) is 16.3 Å². The van der Waals surface area contributed by atoms with Crippen LogP contribution in [0.25, 0.3) is 20.8 Å². The van der Waals surface area contributed by atoms with Crippen molar-refractivity contribution in [1.29, 1.82) is 0 Å². The molecule has 0 spiro atoms. The number of nitrogens with zero attached hydrogens (tertiary/aromatic N) is 1. The second-order valence-electron chi connectivity index (χ2n) is 4.09. The molecule has 0 aliphatic carbocycles. The van der Waals surface area contributed by atoms with E-state index in [-0.39, 0.29) is 5.82 Å². The molecule has 0 saturated carbocycles. The van der Waals surface area contributed by atoms with Crippen molar-refractivity contribution in [1.82, 2.24) is 4.98 Å². The summed E-state index contributed by atoms with van der Waals surface area (Å²) in [6.45, 7) is 0. The summed E-state index contributed by atoms with van der Waals surface area (Å²) >= 11 is 1.43. The number of hydrogen-bond donors (Lipinski definition) is 1. The maximum absolute atomic E-state index is 13.9. The van der Waals surface area contributed by atoms with Gasteiger partial charge in [0.05, 0.1) is 17.3 Å². The summed E-state index contributed by atoms with van der Waals surface area (Å²) in [5, 5.41) is 0.640. The number of ether oxygens (including phenoxy) is 1. The zero-order chi connectivity index (χ0) is 13.4. The average Bonchev–Trinajstić information content (AvgIpc) is 2.80. The molecule has 1 aromatic heterocycles. The molecule has 0 bridgehead atoms. The smallest absolute Gasteiger partial charge is 0.135 e. The van der Waals surface area contributed by atoms with Crippen LogP contribution in [0.4, 0.5) is 10.1 Å². The number of anilines is 1. The third-order valence-corrected chi connectivity index (χ3v) is 3.87. The van der Waals surface area contributed by atoms with Gasteiger partial charge in [-0.2, -0.15) is 0 Å². The van der Waals surface area contributed by atoms with Crippen LogP contribution in [0.1, 0.15) is 0 Å². The van der Waals surface area contributed by atoms with Crippen LogP contribution < -0.4 is 10.5 Å². The van der Waals surface area contributed by atoms with Gasteiger partial charge in [0.1, 0.15) is 16.6 Å². The molecule has 0 saturated heterocycles. The summed E-state index contributed by atoms with van der Waals surface area (Å²) in [7, 11) is 1.61. The highest BCUT2D eigenvalue weighted by molar-refractivity contribution is 7.21. The Balaban J connectivity index is 2.14. The van der Waals surface area contributed by atoms with Gasteiger partial charge >= 0.3 is 0 Å². The van der Waals surface area contributed by atoms with Crippen LogP contribution in [0.3, 0.4) is 0 Å². The van der Waals surface area contributed by atoms with Crippen LogP contribution >= 0.6 is 11.3 Å². The van der Waals surface area contributed by atoms with Crippen LogP contribution in [0.2, 0.25) is 0 Å². The Hall–Kier alpha value is -2.14. The van der Waals surface area contributed by atoms with E-state index in [1.165, 1.54) is 17.4 Å². The van der Waals surface area contributed by atoms with Crippen molar-refractivity contribution >= 4 is 27.2 Å². The molecule has 19 heavy (non-hydrogen) atoms. The number of halogens is 1. The number of benzene rings is 2. The van der Waals surface area contributed by atoms with Gasteiger partial charge in [0, 0.05) is 11.3 Å². The zero-order valence-electron chi connectivity index (χ0n) is 10.2. The second-order valence-corrected chi connectivity index (χ2v) is 5.12. The number of fused-ring (bicyclic) bond motifs is 1. The lowest BCUT2D eigenvalue weighted by Crippen LogP contribution is -1.88. The van der Waals surface area contributed by atoms with Crippen molar-refractivity contribution in [3.63, 3.8) is 0 Å². The number of methoxy groups -OCH3 is 1. The number of thiazole rings is 1. The Morgan fingerprint density at radius 3 is 2.79 bits per heavy atom. The lowest BCUT2D eigenvalue weighted by atomic mass is 10.2. The van der Waals surface area contributed by atoms with E-state index in [1.807, 2.05) is 18.2 Å². The molecule has 0 atom stereocenters. The van der Waals surface area contributed by atoms with Gasteiger partial charge in [0.25, 0.3) is 0 Å². The van der Waals surface area contributed by atoms with E-state index < -0.39 is 0 Å². The number of nitrogen functional groups attached to an aromatic ring is 1. The summed E-state index contributed by atoms with van der Waals surface area (Å²) in [4.78, 5) is 4.43. The Kier molecular flexibility index (Phi) is 2.83. The summed E-state index contributed by atoms with van der Waals surface area (Å²) in [5.74, 6) is 0.409. The van der Waals surface area contributed by atoms with Crippen LogP contribution in [0, 0.1) is 5.82 Å². The lowest BCUT2D eigenvalue weighted by Gasteiger charge is -1.99. The number of aromatic nitrogens is 1. The molecule has 3 nitrogen and oxygen atoms in total. The fraction of sp³-hybridized carbons (Fsp3) is 0.0714. The number of nitrogens with two attached hydrogens (primary N) is 1. The summed E-state index contributed by atoms with van der Waals surface area (Å²) in [5.41, 5.74) is 7.25. The second kappa shape index (κ2) is 4.51. The predicted octanol–water partition coefficient (Wildman–Crippen LogP) is 3.69. The topological polar surface area (TPSA) is 48.1 Å². The Bertz CT molecular complexity index is 754. The molecule has 96 valence electrons. The first-order valence-electron chi connectivity index (χ1n) is 5.67. The van der Waals surface area contributed by atoms with Crippen LogP contribution in [-0.2, 0) is 0 Å². The van der Waals surface area contributed by atoms with Gasteiger partial charge in [-0.25, -0.2) is 9.37 Å².